The molecule has 0 amide bonds. The van der Waals surface area contributed by atoms with Crippen LogP contribution in [0.3, 0.4) is 0 Å². The molecular formula is C19H26SSi. The number of allylic oxidation sites excluding steroid dienone is 2. The molecule has 0 atom stereocenters. The molecule has 0 aromatic carbocycles. The third-order valence-corrected chi connectivity index (χ3v) is 4.47. The Balaban J connectivity index is 3.16. The lowest BCUT2D eigenvalue weighted by atomic mass is 10.0. The number of hydrogen-bond acceptors (Lipinski definition) is 1. The van der Waals surface area contributed by atoms with E-state index in [9.17, 15) is 0 Å². The van der Waals surface area contributed by atoms with Gasteiger partial charge in [-0.05, 0) is 24.3 Å². The second-order valence-corrected chi connectivity index (χ2v) is 11.9. The van der Waals surface area contributed by atoms with Crippen molar-refractivity contribution < 1.29 is 0 Å². The molecule has 0 aliphatic rings. The molecule has 0 unspecified atom stereocenters. The van der Waals surface area contributed by atoms with E-state index in [1.807, 2.05) is 0 Å². The third kappa shape index (κ3) is 7.37. The normalized spacial score (nSPS) is 11.9. The van der Waals surface area contributed by atoms with Gasteiger partial charge in [-0.1, -0.05) is 70.2 Å². The Kier molecular flexibility index (Phi) is 7.58. The lowest BCUT2D eigenvalue weighted by Gasteiger charge is -2.07. The van der Waals surface area contributed by atoms with E-state index in [0.29, 0.717) is 0 Å². The zero-order valence-corrected chi connectivity index (χ0v) is 15.8. The van der Waals surface area contributed by atoms with E-state index in [4.69, 9.17) is 0 Å². The van der Waals surface area contributed by atoms with Crippen molar-refractivity contribution in [2.75, 3.05) is 0 Å². The van der Waals surface area contributed by atoms with Gasteiger partial charge in [-0.2, -0.15) is 0 Å². The molecule has 1 aromatic heterocycles. The van der Waals surface area contributed by atoms with Crippen LogP contribution in [-0.4, -0.2) is 8.07 Å². The summed E-state index contributed by atoms with van der Waals surface area (Å²) in [5, 5.41) is 2.07. The molecule has 0 aliphatic heterocycles. The van der Waals surface area contributed by atoms with Gasteiger partial charge in [0.1, 0.15) is 8.07 Å². The van der Waals surface area contributed by atoms with Gasteiger partial charge < -0.3 is 0 Å². The van der Waals surface area contributed by atoms with E-state index < -0.39 is 8.07 Å². The highest BCUT2D eigenvalue weighted by Gasteiger charge is 2.09. The molecule has 0 nitrogen and oxygen atoms in total. The number of thiophene rings is 1. The van der Waals surface area contributed by atoms with Gasteiger partial charge >= 0.3 is 0 Å². The van der Waals surface area contributed by atoms with E-state index in [0.717, 1.165) is 30.6 Å². The predicted octanol–water partition coefficient (Wildman–Crippen LogP) is 5.88. The Morgan fingerprint density at radius 2 is 1.67 bits per heavy atom. The Hall–Kier alpha value is -1.22. The summed E-state index contributed by atoms with van der Waals surface area (Å²) >= 11 is 1.70. The molecule has 0 N–H and O–H groups in total. The van der Waals surface area contributed by atoms with Gasteiger partial charge in [0.2, 0.25) is 0 Å². The molecule has 0 spiro atoms. The largest absolute Gasteiger partial charge is 0.135 e. The van der Waals surface area contributed by atoms with Crippen LogP contribution in [0.25, 0.3) is 0 Å². The molecule has 0 aliphatic carbocycles. The highest BCUT2D eigenvalue weighted by molar-refractivity contribution is 7.10. The molecule has 21 heavy (non-hydrogen) atoms. The first-order chi connectivity index (χ1) is 9.96. The van der Waals surface area contributed by atoms with Crippen molar-refractivity contribution in [2.24, 2.45) is 0 Å². The Morgan fingerprint density at radius 1 is 1.05 bits per heavy atom. The van der Waals surface area contributed by atoms with Gasteiger partial charge in [0.15, 0.2) is 0 Å². The summed E-state index contributed by atoms with van der Waals surface area (Å²) in [6.45, 7) is 11.3. The molecular weight excluding hydrogens is 288 g/mol. The van der Waals surface area contributed by atoms with Gasteiger partial charge in [-0.3, -0.25) is 0 Å². The fraction of sp³-hybridized carbons (Fsp3) is 0.474. The summed E-state index contributed by atoms with van der Waals surface area (Å²) in [5.74, 6) is 10.2. The van der Waals surface area contributed by atoms with Crippen LogP contribution < -0.4 is 0 Å². The molecule has 112 valence electrons. The smallest absolute Gasteiger partial charge is 0.129 e. The van der Waals surface area contributed by atoms with Gasteiger partial charge in [0.25, 0.3) is 0 Å². The average Bonchev–Trinajstić information content (AvgIpc) is 2.92. The molecule has 1 rings (SSSR count). The van der Waals surface area contributed by atoms with E-state index in [1.54, 1.807) is 11.3 Å². The topological polar surface area (TPSA) is 0 Å². The summed E-state index contributed by atoms with van der Waals surface area (Å²) in [7, 11) is -1.34. The maximum atomic E-state index is 3.50. The monoisotopic (exact) mass is 314 g/mol. The van der Waals surface area contributed by atoms with Crippen molar-refractivity contribution in [1.82, 2.24) is 0 Å². The van der Waals surface area contributed by atoms with Crippen LogP contribution in [0, 0.1) is 23.3 Å². The van der Waals surface area contributed by atoms with Crippen molar-refractivity contribution in [3.63, 3.8) is 0 Å². The van der Waals surface area contributed by atoms with Crippen LogP contribution in [0.4, 0.5) is 0 Å². The molecule has 2 heteroatoms. The first-order valence-corrected chi connectivity index (χ1v) is 12.1. The molecule has 0 saturated carbocycles. The minimum atomic E-state index is -1.34. The standard InChI is InChI=1S/C19H26SSi/c1-6-9-17(12-13-19-11-8-15-20-19)18(10-7-2)14-16-21(3,4)5/h8,11,15H,6-7,9-10H2,1-5H3/b18-17+. The van der Waals surface area contributed by atoms with Gasteiger partial charge in [-0.25, -0.2) is 0 Å². The summed E-state index contributed by atoms with van der Waals surface area (Å²) in [6, 6.07) is 4.13. The molecule has 0 fully saturated rings. The van der Waals surface area contributed by atoms with Crippen molar-refractivity contribution >= 4 is 19.4 Å². The molecule has 0 radical (unpaired) electrons. The molecule has 1 heterocycles. The zero-order valence-electron chi connectivity index (χ0n) is 14.0. The Morgan fingerprint density at radius 3 is 2.14 bits per heavy atom. The minimum absolute atomic E-state index is 1.04. The molecule has 0 bridgehead atoms. The van der Waals surface area contributed by atoms with Crippen molar-refractivity contribution in [3.05, 3.63) is 33.5 Å². The first-order valence-electron chi connectivity index (χ1n) is 7.77. The third-order valence-electron chi connectivity index (χ3n) is 2.81. The van der Waals surface area contributed by atoms with Crippen molar-refractivity contribution in [2.45, 2.75) is 59.2 Å². The van der Waals surface area contributed by atoms with Crippen LogP contribution in [0.15, 0.2) is 28.7 Å². The average molecular weight is 315 g/mol. The van der Waals surface area contributed by atoms with E-state index in [2.05, 4.69) is 74.3 Å². The van der Waals surface area contributed by atoms with Gasteiger partial charge in [0.05, 0.1) is 4.88 Å². The first kappa shape index (κ1) is 17.8. The van der Waals surface area contributed by atoms with E-state index in [-0.39, 0.29) is 0 Å². The second kappa shape index (κ2) is 8.93. The fourth-order valence-electron chi connectivity index (χ4n) is 1.83. The summed E-state index contributed by atoms with van der Waals surface area (Å²) in [4.78, 5) is 1.14. The van der Waals surface area contributed by atoms with Crippen molar-refractivity contribution in [1.29, 1.82) is 0 Å². The predicted molar refractivity (Wildman–Crippen MR) is 99.2 cm³/mol. The SMILES string of the molecule is CCC/C(C#Cc1cccs1)=C(\C#C[Si](C)(C)C)CCC. The summed E-state index contributed by atoms with van der Waals surface area (Å²) in [5.41, 5.74) is 6.02. The number of rotatable bonds is 4. The van der Waals surface area contributed by atoms with Crippen LogP contribution in [0.2, 0.25) is 19.6 Å². The lowest BCUT2D eigenvalue weighted by molar-refractivity contribution is 0.880. The van der Waals surface area contributed by atoms with Gasteiger partial charge in [0, 0.05) is 11.1 Å². The van der Waals surface area contributed by atoms with E-state index in [1.165, 1.54) is 11.1 Å². The van der Waals surface area contributed by atoms with Crippen LogP contribution in [-0.2, 0) is 0 Å². The van der Waals surface area contributed by atoms with Crippen LogP contribution in [0.1, 0.15) is 44.4 Å². The summed E-state index contributed by atoms with van der Waals surface area (Å²) in [6.07, 6.45) is 4.33. The highest BCUT2D eigenvalue weighted by Crippen LogP contribution is 2.16. The van der Waals surface area contributed by atoms with E-state index >= 15 is 0 Å². The quantitative estimate of drug-likeness (QED) is 0.481. The molecule has 1 aromatic rings. The summed E-state index contributed by atoms with van der Waals surface area (Å²) < 4.78 is 0. The second-order valence-electron chi connectivity index (χ2n) is 6.18. The Labute approximate surface area is 135 Å². The fourth-order valence-corrected chi connectivity index (χ4v) is 2.92. The minimum Gasteiger partial charge on any atom is -0.135 e. The van der Waals surface area contributed by atoms with Crippen molar-refractivity contribution in [3.8, 4) is 23.3 Å². The van der Waals surface area contributed by atoms with Crippen LogP contribution in [0.5, 0.6) is 0 Å². The highest BCUT2D eigenvalue weighted by atomic mass is 32.1. The maximum absolute atomic E-state index is 3.50. The Bertz CT molecular complexity index is 577. The molecule has 0 saturated heterocycles. The zero-order chi connectivity index (χ0) is 15.7. The number of hydrogen-bond donors (Lipinski definition) is 0. The van der Waals surface area contributed by atoms with Gasteiger partial charge in [-0.15, -0.1) is 16.9 Å². The maximum Gasteiger partial charge on any atom is 0.129 e. The lowest BCUT2D eigenvalue weighted by Crippen LogP contribution is -2.16. The van der Waals surface area contributed by atoms with Crippen LogP contribution >= 0.6 is 11.3 Å².